The quantitative estimate of drug-likeness (QED) is 0.726. The lowest BCUT2D eigenvalue weighted by Gasteiger charge is -2.43. The minimum absolute atomic E-state index is 0.000784. The highest BCUT2D eigenvalue weighted by molar-refractivity contribution is 6.00. The van der Waals surface area contributed by atoms with Crippen molar-refractivity contribution in [3.8, 4) is 0 Å². The van der Waals surface area contributed by atoms with Crippen molar-refractivity contribution in [2.45, 2.75) is 38.7 Å². The van der Waals surface area contributed by atoms with Crippen molar-refractivity contribution in [1.82, 2.24) is 4.90 Å². The number of likely N-dealkylation sites (tertiary alicyclic amines) is 1. The number of ketones is 2. The zero-order valence-electron chi connectivity index (χ0n) is 12.9. The third kappa shape index (κ3) is 1.63. The fourth-order valence-electron chi connectivity index (χ4n) is 6.19. The van der Waals surface area contributed by atoms with Gasteiger partial charge in [-0.15, -0.1) is 0 Å². The van der Waals surface area contributed by atoms with E-state index in [0.717, 1.165) is 32.4 Å². The maximum absolute atomic E-state index is 13.0. The lowest BCUT2D eigenvalue weighted by atomic mass is 9.60. The molecular weight excluding hydrogens is 266 g/mol. The number of aliphatic hydroxyl groups excluding tert-OH is 1. The molecule has 3 aliphatic carbocycles. The zero-order valence-corrected chi connectivity index (χ0v) is 12.9. The molecule has 4 fully saturated rings. The first-order valence-electron chi connectivity index (χ1n) is 8.38. The van der Waals surface area contributed by atoms with Crippen molar-refractivity contribution >= 4 is 11.6 Å². The lowest BCUT2D eigenvalue weighted by molar-refractivity contribution is -0.152. The predicted molar refractivity (Wildman–Crippen MR) is 77.5 cm³/mol. The molecule has 0 bridgehead atoms. The SMILES string of the molecule is CC1C[C@H]2CC(=O)[C@@H]3[C@H]4CCN(C)C[C@H]4C[C@]23C(=O)C1O. The van der Waals surface area contributed by atoms with Gasteiger partial charge in [-0.2, -0.15) is 0 Å². The van der Waals surface area contributed by atoms with E-state index in [1.807, 2.05) is 6.92 Å². The molecule has 2 unspecified atom stereocenters. The zero-order chi connectivity index (χ0) is 14.9. The minimum atomic E-state index is -0.854. The lowest BCUT2D eigenvalue weighted by Crippen LogP contribution is -2.51. The Morgan fingerprint density at radius 1 is 1.33 bits per heavy atom. The normalized spacial score (nSPS) is 53.5. The Balaban J connectivity index is 1.76. The van der Waals surface area contributed by atoms with Crippen molar-refractivity contribution in [3.05, 3.63) is 0 Å². The van der Waals surface area contributed by atoms with Gasteiger partial charge in [-0.05, 0) is 56.5 Å². The Morgan fingerprint density at radius 3 is 2.86 bits per heavy atom. The highest BCUT2D eigenvalue weighted by Gasteiger charge is 2.69. The number of carbonyl (C=O) groups is 2. The number of hydrogen-bond acceptors (Lipinski definition) is 4. The molecule has 0 radical (unpaired) electrons. The molecular formula is C17H25NO3. The van der Waals surface area contributed by atoms with Crippen LogP contribution in [0.1, 0.15) is 32.6 Å². The Kier molecular flexibility index (Phi) is 2.90. The largest absolute Gasteiger partial charge is 0.385 e. The highest BCUT2D eigenvalue weighted by atomic mass is 16.3. The van der Waals surface area contributed by atoms with Crippen molar-refractivity contribution in [2.75, 3.05) is 20.1 Å². The molecule has 116 valence electrons. The molecule has 4 aliphatic rings. The van der Waals surface area contributed by atoms with E-state index in [2.05, 4.69) is 11.9 Å². The summed E-state index contributed by atoms with van der Waals surface area (Å²) in [5, 5.41) is 10.3. The molecule has 4 heteroatoms. The Labute approximate surface area is 125 Å². The van der Waals surface area contributed by atoms with E-state index in [9.17, 15) is 14.7 Å². The summed E-state index contributed by atoms with van der Waals surface area (Å²) in [6, 6.07) is 0. The summed E-state index contributed by atoms with van der Waals surface area (Å²) in [7, 11) is 2.13. The van der Waals surface area contributed by atoms with Crippen LogP contribution in [0.3, 0.4) is 0 Å². The molecule has 4 rings (SSSR count). The molecule has 7 atom stereocenters. The summed E-state index contributed by atoms with van der Waals surface area (Å²) in [6.07, 6.45) is 2.43. The molecule has 1 heterocycles. The van der Waals surface area contributed by atoms with Crippen LogP contribution in [0.15, 0.2) is 0 Å². The highest BCUT2D eigenvalue weighted by Crippen LogP contribution is 2.65. The van der Waals surface area contributed by atoms with Crippen LogP contribution in [0.5, 0.6) is 0 Å². The number of piperidine rings is 1. The Hall–Kier alpha value is -0.740. The van der Waals surface area contributed by atoms with Gasteiger partial charge >= 0.3 is 0 Å². The fourth-order valence-corrected chi connectivity index (χ4v) is 6.19. The summed E-state index contributed by atoms with van der Waals surface area (Å²) in [5.41, 5.74) is -0.510. The number of hydrogen-bond donors (Lipinski definition) is 1. The second-order valence-corrected chi connectivity index (χ2v) is 8.09. The summed E-state index contributed by atoms with van der Waals surface area (Å²) < 4.78 is 0. The average Bonchev–Trinajstić information content (AvgIpc) is 2.90. The van der Waals surface area contributed by atoms with Crippen molar-refractivity contribution in [3.63, 3.8) is 0 Å². The topological polar surface area (TPSA) is 57.6 Å². The van der Waals surface area contributed by atoms with E-state index in [4.69, 9.17) is 0 Å². The molecule has 1 saturated heterocycles. The number of fused-ring (bicyclic) bond motifs is 2. The molecule has 3 saturated carbocycles. The molecule has 1 spiro atoms. The Bertz CT molecular complexity index is 504. The molecule has 0 aromatic carbocycles. The van der Waals surface area contributed by atoms with Crippen LogP contribution in [-0.2, 0) is 9.59 Å². The van der Waals surface area contributed by atoms with E-state index >= 15 is 0 Å². The maximum atomic E-state index is 13.0. The van der Waals surface area contributed by atoms with Crippen LogP contribution in [0.4, 0.5) is 0 Å². The van der Waals surface area contributed by atoms with Crippen LogP contribution in [0, 0.1) is 35.0 Å². The van der Waals surface area contributed by atoms with Crippen LogP contribution >= 0.6 is 0 Å². The first-order chi connectivity index (χ1) is 9.95. The van der Waals surface area contributed by atoms with E-state index in [0.29, 0.717) is 24.0 Å². The molecule has 0 aromatic rings. The number of nitrogens with zero attached hydrogens (tertiary/aromatic N) is 1. The number of Topliss-reactive ketones (excluding diaryl/α,β-unsaturated/α-hetero) is 2. The first kappa shape index (κ1) is 13.9. The number of carbonyl (C=O) groups excluding carboxylic acids is 2. The third-order valence-electron chi connectivity index (χ3n) is 7.02. The predicted octanol–water partition coefficient (Wildman–Crippen LogP) is 1.12. The van der Waals surface area contributed by atoms with Gasteiger partial charge in [-0.25, -0.2) is 0 Å². The summed E-state index contributed by atoms with van der Waals surface area (Å²) >= 11 is 0. The van der Waals surface area contributed by atoms with Gasteiger partial charge in [0.15, 0.2) is 5.78 Å². The molecule has 4 nitrogen and oxygen atoms in total. The third-order valence-corrected chi connectivity index (χ3v) is 7.02. The molecule has 1 N–H and O–H groups in total. The van der Waals surface area contributed by atoms with Gasteiger partial charge in [0.1, 0.15) is 11.9 Å². The minimum Gasteiger partial charge on any atom is -0.385 e. The van der Waals surface area contributed by atoms with Crippen molar-refractivity contribution in [2.24, 2.45) is 35.0 Å². The summed E-state index contributed by atoms with van der Waals surface area (Å²) in [5.74, 6) is 1.26. The average molecular weight is 291 g/mol. The van der Waals surface area contributed by atoms with Gasteiger partial charge in [0.2, 0.25) is 0 Å². The number of aliphatic hydroxyl groups is 1. The summed E-state index contributed by atoms with van der Waals surface area (Å²) in [4.78, 5) is 28.0. The molecule has 0 amide bonds. The van der Waals surface area contributed by atoms with Gasteiger partial charge in [0.05, 0.1) is 0 Å². The first-order valence-corrected chi connectivity index (χ1v) is 8.38. The second kappa shape index (κ2) is 4.39. The monoisotopic (exact) mass is 291 g/mol. The number of rotatable bonds is 0. The second-order valence-electron chi connectivity index (χ2n) is 8.09. The van der Waals surface area contributed by atoms with Gasteiger partial charge < -0.3 is 10.0 Å². The molecule has 21 heavy (non-hydrogen) atoms. The maximum Gasteiger partial charge on any atom is 0.168 e. The smallest absolute Gasteiger partial charge is 0.168 e. The Morgan fingerprint density at radius 2 is 2.10 bits per heavy atom. The van der Waals surface area contributed by atoms with Gasteiger partial charge in [-0.3, -0.25) is 9.59 Å². The van der Waals surface area contributed by atoms with Crippen LogP contribution < -0.4 is 0 Å². The van der Waals surface area contributed by atoms with Crippen molar-refractivity contribution < 1.29 is 14.7 Å². The van der Waals surface area contributed by atoms with Crippen LogP contribution in [0.2, 0.25) is 0 Å². The van der Waals surface area contributed by atoms with Gasteiger partial charge in [0, 0.05) is 24.3 Å². The van der Waals surface area contributed by atoms with Gasteiger partial charge in [-0.1, -0.05) is 6.92 Å². The van der Waals surface area contributed by atoms with E-state index in [1.165, 1.54) is 0 Å². The van der Waals surface area contributed by atoms with Gasteiger partial charge in [0.25, 0.3) is 0 Å². The van der Waals surface area contributed by atoms with E-state index in [-0.39, 0.29) is 23.5 Å². The molecule has 1 aliphatic heterocycles. The standard InChI is InChI=1S/C17H25NO3/c1-9-5-11-6-13(19)14-12-3-4-18(2)8-10(12)7-17(11,14)16(21)15(9)20/h9-12,14-15,20H,3-8H2,1-2H3/t9?,10-,11+,12+,14+,15?,17+/m1/s1. The fraction of sp³-hybridized carbons (Fsp3) is 0.882. The summed E-state index contributed by atoms with van der Waals surface area (Å²) in [6.45, 7) is 3.98. The van der Waals surface area contributed by atoms with Crippen LogP contribution in [-0.4, -0.2) is 47.8 Å². The van der Waals surface area contributed by atoms with E-state index < -0.39 is 11.5 Å². The van der Waals surface area contributed by atoms with Crippen molar-refractivity contribution in [1.29, 1.82) is 0 Å². The van der Waals surface area contributed by atoms with Crippen LogP contribution in [0.25, 0.3) is 0 Å². The van der Waals surface area contributed by atoms with E-state index in [1.54, 1.807) is 0 Å². The molecule has 0 aromatic heterocycles.